The zero-order valence-corrected chi connectivity index (χ0v) is 49.1. The minimum Gasteiger partial charge on any atom is -0.294 e. The number of aromatic nitrogens is 6. The molecule has 12 aromatic carbocycles. The van der Waals surface area contributed by atoms with Crippen molar-refractivity contribution in [1.82, 2.24) is 28.2 Å². The van der Waals surface area contributed by atoms with E-state index < -0.39 is 8.07 Å². The molecule has 0 amide bonds. The van der Waals surface area contributed by atoms with Crippen molar-refractivity contribution in [2.75, 3.05) is 0 Å². The van der Waals surface area contributed by atoms with Crippen molar-refractivity contribution in [2.24, 2.45) is 0 Å². The van der Waals surface area contributed by atoms with Gasteiger partial charge in [-0.05, 0) is 150 Å². The molecule has 18 aromatic rings. The van der Waals surface area contributed by atoms with Gasteiger partial charge in [0.1, 0.15) is 23.3 Å². The van der Waals surface area contributed by atoms with E-state index in [4.69, 9.17) is 9.97 Å². The highest BCUT2D eigenvalue weighted by molar-refractivity contribution is 7.22. The maximum absolute atomic E-state index is 5.63. The lowest BCUT2D eigenvalue weighted by Gasteiger charge is -2.37. The van der Waals surface area contributed by atoms with Gasteiger partial charge in [-0.15, -0.1) is 0 Å². The average Bonchev–Trinajstić information content (AvgIpc) is 1.59. The SMILES string of the molecule is c1cc(-n2c3ccccc3c3ccccc32)nc(-n2c3ccccc3c3cc4c(cc32)-c2ccccc2[Si]2(c3ccccc3-4)c3ccccc3-c3cc4c5ccccc5n(-c5cccc(-n6c7ccccc7c7ccccc76)n5)c4cc3-c3ccccc32)c1. The highest BCUT2D eigenvalue weighted by Gasteiger charge is 2.50. The van der Waals surface area contributed by atoms with Gasteiger partial charge in [-0.1, -0.05) is 218 Å². The first kappa shape index (κ1) is 48.6. The summed E-state index contributed by atoms with van der Waals surface area (Å²) in [6.45, 7) is 0. The summed E-state index contributed by atoms with van der Waals surface area (Å²) in [6.07, 6.45) is 0. The van der Waals surface area contributed by atoms with Crippen molar-refractivity contribution >= 4 is 116 Å². The summed E-state index contributed by atoms with van der Waals surface area (Å²) in [7, 11) is -3.33. The standard InChI is InChI=1S/C82H50N6Si/c1-11-33-67-51(23-1)52-24-2-12-34-68(52)85(67)79-43-21-45-81(83-79)87-71-37-15-5-27-55(71)65-47-61-57-29-7-17-39-75(57)89(77-41-19-9-31-59(77)63(61)49-73(65)87)76-40-18-8-30-58(76)62-48-66-56-28-6-16-38-72(56)88(74(66)50-64(62)60-32-10-20-42-78(60)89)82-46-22-44-80(84-82)86-69-35-13-3-25-53(69)54-26-4-14-36-70(54)86/h1-50H. The summed E-state index contributed by atoms with van der Waals surface area (Å²) in [6, 6.07) is 113. The zero-order valence-electron chi connectivity index (χ0n) is 48.1. The fourth-order valence-corrected chi connectivity index (χ4v) is 21.7. The Hall–Kier alpha value is -11.6. The van der Waals surface area contributed by atoms with Crippen molar-refractivity contribution in [2.45, 2.75) is 0 Å². The lowest BCUT2D eigenvalue weighted by molar-refractivity contribution is 1.01. The second kappa shape index (κ2) is 18.2. The smallest absolute Gasteiger partial charge is 0.182 e. The quantitative estimate of drug-likeness (QED) is 0.165. The number of rotatable bonds is 4. The Kier molecular flexibility index (Phi) is 9.93. The third-order valence-corrected chi connectivity index (χ3v) is 24.6. The Morgan fingerprint density at radius 2 is 0.404 bits per heavy atom. The van der Waals surface area contributed by atoms with Crippen LogP contribution in [-0.4, -0.2) is 36.3 Å². The lowest BCUT2D eigenvalue weighted by Crippen LogP contribution is -2.75. The highest BCUT2D eigenvalue weighted by Crippen LogP contribution is 2.47. The molecule has 0 unspecified atom stereocenters. The number of hydrogen-bond acceptors (Lipinski definition) is 2. The van der Waals surface area contributed by atoms with Crippen LogP contribution in [0.2, 0.25) is 0 Å². The van der Waals surface area contributed by atoms with Gasteiger partial charge >= 0.3 is 0 Å². The number of fused-ring (bicyclic) bond motifs is 26. The van der Waals surface area contributed by atoms with E-state index in [0.717, 1.165) is 67.4 Å². The van der Waals surface area contributed by atoms with Crippen molar-refractivity contribution in [3.8, 4) is 67.8 Å². The van der Waals surface area contributed by atoms with Crippen LogP contribution in [0, 0.1) is 0 Å². The summed E-state index contributed by atoms with van der Waals surface area (Å²) in [5, 5.41) is 15.1. The Morgan fingerprint density at radius 1 is 0.180 bits per heavy atom. The van der Waals surface area contributed by atoms with Crippen LogP contribution in [0.4, 0.5) is 0 Å². The molecule has 6 nitrogen and oxygen atoms in total. The molecule has 2 aliphatic heterocycles. The van der Waals surface area contributed by atoms with Gasteiger partial charge in [0, 0.05) is 43.1 Å². The molecule has 6 aromatic heterocycles. The van der Waals surface area contributed by atoms with Crippen LogP contribution in [0.25, 0.3) is 155 Å². The van der Waals surface area contributed by atoms with E-state index >= 15 is 0 Å². The second-order valence-corrected chi connectivity index (χ2v) is 27.6. The molecule has 0 fully saturated rings. The van der Waals surface area contributed by atoms with E-state index in [1.165, 1.54) is 108 Å². The lowest BCUT2D eigenvalue weighted by atomic mass is 9.92. The Balaban J connectivity index is 0.831. The average molecular weight is 1150 g/mol. The summed E-state index contributed by atoms with van der Waals surface area (Å²) < 4.78 is 9.44. The number of nitrogens with zero attached hydrogens (tertiary/aromatic N) is 6. The Morgan fingerprint density at radius 3 is 0.697 bits per heavy atom. The Labute approximate surface area is 512 Å². The molecule has 0 bridgehead atoms. The third kappa shape index (κ3) is 6.53. The molecule has 0 saturated carbocycles. The normalized spacial score (nSPS) is 13.0. The zero-order chi connectivity index (χ0) is 58.1. The maximum Gasteiger partial charge on any atom is 0.182 e. The summed E-state index contributed by atoms with van der Waals surface area (Å²) >= 11 is 0. The molecule has 1 spiro atoms. The van der Waals surface area contributed by atoms with Crippen LogP contribution in [0.15, 0.2) is 303 Å². The van der Waals surface area contributed by atoms with Crippen molar-refractivity contribution in [3.05, 3.63) is 303 Å². The second-order valence-electron chi connectivity index (χ2n) is 23.9. The van der Waals surface area contributed by atoms with Crippen LogP contribution in [0.1, 0.15) is 0 Å². The fourth-order valence-electron chi connectivity index (χ4n) is 16.1. The molecule has 8 heterocycles. The van der Waals surface area contributed by atoms with Crippen LogP contribution >= 0.6 is 0 Å². The van der Waals surface area contributed by atoms with Crippen LogP contribution in [0.3, 0.4) is 0 Å². The van der Waals surface area contributed by atoms with E-state index in [-0.39, 0.29) is 0 Å². The van der Waals surface area contributed by atoms with Gasteiger partial charge in [-0.3, -0.25) is 18.3 Å². The molecule has 412 valence electrons. The van der Waals surface area contributed by atoms with Gasteiger partial charge in [0.25, 0.3) is 0 Å². The van der Waals surface area contributed by atoms with E-state index in [0.29, 0.717) is 0 Å². The summed E-state index contributed by atoms with van der Waals surface area (Å²) in [5.41, 5.74) is 18.9. The fraction of sp³-hybridized carbons (Fsp3) is 0. The van der Waals surface area contributed by atoms with Crippen LogP contribution < -0.4 is 20.7 Å². The molecular weight excluding hydrogens is 1100 g/mol. The molecule has 0 saturated heterocycles. The van der Waals surface area contributed by atoms with E-state index in [1.54, 1.807) is 0 Å². The first-order valence-electron chi connectivity index (χ1n) is 30.6. The minimum absolute atomic E-state index is 0.868. The Bertz CT molecular complexity index is 5610. The summed E-state index contributed by atoms with van der Waals surface area (Å²) in [5.74, 6) is 3.49. The van der Waals surface area contributed by atoms with Crippen LogP contribution in [-0.2, 0) is 0 Å². The highest BCUT2D eigenvalue weighted by atomic mass is 28.3. The molecule has 7 heteroatoms. The van der Waals surface area contributed by atoms with Crippen molar-refractivity contribution in [1.29, 1.82) is 0 Å². The van der Waals surface area contributed by atoms with Gasteiger partial charge in [0.2, 0.25) is 0 Å². The van der Waals surface area contributed by atoms with Crippen LogP contribution in [0.5, 0.6) is 0 Å². The number of benzene rings is 12. The minimum atomic E-state index is -3.33. The molecular formula is C82H50N6Si. The molecule has 0 atom stereocenters. The van der Waals surface area contributed by atoms with E-state index in [1.807, 2.05) is 0 Å². The maximum atomic E-state index is 5.63. The first-order chi connectivity index (χ1) is 44.2. The predicted molar refractivity (Wildman–Crippen MR) is 372 cm³/mol. The first-order valence-corrected chi connectivity index (χ1v) is 32.6. The van der Waals surface area contributed by atoms with Gasteiger partial charge in [-0.25, -0.2) is 9.97 Å². The van der Waals surface area contributed by atoms with Gasteiger partial charge in [-0.2, -0.15) is 0 Å². The van der Waals surface area contributed by atoms with Gasteiger partial charge in [0.15, 0.2) is 8.07 Å². The predicted octanol–water partition coefficient (Wildman–Crippen LogP) is 17.5. The monoisotopic (exact) mass is 1150 g/mol. The van der Waals surface area contributed by atoms with Gasteiger partial charge in [0.05, 0.1) is 44.1 Å². The molecule has 2 aliphatic rings. The van der Waals surface area contributed by atoms with Crippen molar-refractivity contribution < 1.29 is 0 Å². The van der Waals surface area contributed by atoms with E-state index in [9.17, 15) is 0 Å². The molecule has 0 aliphatic carbocycles. The van der Waals surface area contributed by atoms with Crippen molar-refractivity contribution in [3.63, 3.8) is 0 Å². The topological polar surface area (TPSA) is 45.5 Å². The molecule has 0 N–H and O–H groups in total. The largest absolute Gasteiger partial charge is 0.294 e. The molecule has 20 rings (SSSR count). The molecule has 89 heavy (non-hydrogen) atoms. The molecule has 0 radical (unpaired) electrons. The number of pyridine rings is 2. The number of hydrogen-bond donors (Lipinski definition) is 0. The van der Waals surface area contributed by atoms with E-state index in [2.05, 4.69) is 322 Å². The third-order valence-electron chi connectivity index (χ3n) is 19.6. The van der Waals surface area contributed by atoms with Gasteiger partial charge < -0.3 is 0 Å². The number of para-hydroxylation sites is 6. The summed E-state index contributed by atoms with van der Waals surface area (Å²) in [4.78, 5) is 11.3.